The summed E-state index contributed by atoms with van der Waals surface area (Å²) in [5, 5.41) is 1.50. The Bertz CT molecular complexity index is 81.8. The molecule has 0 spiro atoms. The third-order valence-corrected chi connectivity index (χ3v) is 0.744. The van der Waals surface area contributed by atoms with Gasteiger partial charge in [-0.05, 0) is 11.8 Å². The maximum atomic E-state index is 9.91. The van der Waals surface area contributed by atoms with E-state index in [1.54, 1.807) is 0 Å². The molecule has 0 saturated heterocycles. The van der Waals surface area contributed by atoms with Crippen LogP contribution in [0.4, 0.5) is 0 Å². The van der Waals surface area contributed by atoms with Crippen molar-refractivity contribution in [3.63, 3.8) is 0 Å². The SMILES string of the molecule is NC(=O)CCC=S. The van der Waals surface area contributed by atoms with Crippen LogP contribution in [0, 0.1) is 0 Å². The summed E-state index contributed by atoms with van der Waals surface area (Å²) in [6, 6.07) is 0. The van der Waals surface area contributed by atoms with Crippen LogP contribution in [0.3, 0.4) is 0 Å². The number of amides is 1. The molecular formula is C4H7NOS. The van der Waals surface area contributed by atoms with Gasteiger partial charge in [0.1, 0.15) is 0 Å². The Labute approximate surface area is 47.7 Å². The number of nitrogens with two attached hydrogens (primary N) is 1. The largest absolute Gasteiger partial charge is 0.370 e. The summed E-state index contributed by atoms with van der Waals surface area (Å²) in [7, 11) is 0. The van der Waals surface area contributed by atoms with Gasteiger partial charge in [-0.1, -0.05) is 12.2 Å². The second-order valence-electron chi connectivity index (χ2n) is 1.17. The first kappa shape index (κ1) is 6.56. The number of hydrogen-bond acceptors (Lipinski definition) is 2. The van der Waals surface area contributed by atoms with Gasteiger partial charge in [0, 0.05) is 6.42 Å². The maximum absolute atomic E-state index is 9.91. The van der Waals surface area contributed by atoms with E-state index in [9.17, 15) is 4.79 Å². The van der Waals surface area contributed by atoms with Gasteiger partial charge in [-0.15, -0.1) is 0 Å². The van der Waals surface area contributed by atoms with Crippen molar-refractivity contribution in [3.05, 3.63) is 0 Å². The number of thiocarbonyl (C=S) groups is 1. The summed E-state index contributed by atoms with van der Waals surface area (Å²) in [5.74, 6) is -0.291. The molecule has 0 atom stereocenters. The summed E-state index contributed by atoms with van der Waals surface area (Å²) < 4.78 is 0. The van der Waals surface area contributed by atoms with Crippen LogP contribution in [0.1, 0.15) is 12.8 Å². The van der Waals surface area contributed by atoms with E-state index in [4.69, 9.17) is 5.73 Å². The van der Waals surface area contributed by atoms with E-state index < -0.39 is 0 Å². The Morgan fingerprint density at radius 3 is 2.57 bits per heavy atom. The molecule has 3 heteroatoms. The molecule has 0 aromatic rings. The van der Waals surface area contributed by atoms with Gasteiger partial charge in [-0.3, -0.25) is 4.79 Å². The van der Waals surface area contributed by atoms with Crippen molar-refractivity contribution >= 4 is 23.5 Å². The minimum absolute atomic E-state index is 0.291. The molecular weight excluding hydrogens is 110 g/mol. The second kappa shape index (κ2) is 3.74. The number of carbonyl (C=O) groups excluding carboxylic acids is 1. The topological polar surface area (TPSA) is 43.1 Å². The molecule has 40 valence electrons. The lowest BCUT2D eigenvalue weighted by atomic mass is 10.3. The zero-order chi connectivity index (χ0) is 5.70. The summed E-state index contributed by atoms with van der Waals surface area (Å²) in [6.07, 6.45) is 0.994. The van der Waals surface area contributed by atoms with Crippen LogP contribution in [0.25, 0.3) is 0 Å². The Morgan fingerprint density at radius 1 is 1.86 bits per heavy atom. The van der Waals surface area contributed by atoms with E-state index in [1.807, 2.05) is 0 Å². The molecule has 0 saturated carbocycles. The highest BCUT2D eigenvalue weighted by Crippen LogP contribution is 1.80. The predicted octanol–water partition coefficient (Wildman–Crippen LogP) is 0.252. The van der Waals surface area contributed by atoms with Crippen molar-refractivity contribution in [2.75, 3.05) is 0 Å². The highest BCUT2D eigenvalue weighted by atomic mass is 32.1. The minimum atomic E-state index is -0.291. The lowest BCUT2D eigenvalue weighted by Crippen LogP contribution is -2.09. The molecule has 0 bridgehead atoms. The van der Waals surface area contributed by atoms with Crippen LogP contribution in [0.2, 0.25) is 0 Å². The van der Waals surface area contributed by atoms with Crippen LogP contribution in [-0.4, -0.2) is 11.3 Å². The van der Waals surface area contributed by atoms with E-state index in [2.05, 4.69) is 12.2 Å². The van der Waals surface area contributed by atoms with Crippen LogP contribution >= 0.6 is 12.2 Å². The average molecular weight is 117 g/mol. The van der Waals surface area contributed by atoms with Gasteiger partial charge in [-0.25, -0.2) is 0 Å². The predicted molar refractivity (Wildman–Crippen MR) is 32.1 cm³/mol. The van der Waals surface area contributed by atoms with Gasteiger partial charge in [0.05, 0.1) is 0 Å². The third-order valence-electron chi connectivity index (χ3n) is 0.509. The standard InChI is InChI=1S/C4H7NOS/c5-4(6)2-1-3-7/h3H,1-2H2,(H2,5,6). The van der Waals surface area contributed by atoms with Crippen LogP contribution < -0.4 is 5.73 Å². The summed E-state index contributed by atoms with van der Waals surface area (Å²) in [6.45, 7) is 0. The van der Waals surface area contributed by atoms with Crippen LogP contribution in [0.15, 0.2) is 0 Å². The zero-order valence-corrected chi connectivity index (χ0v) is 4.70. The first-order valence-electron chi connectivity index (χ1n) is 1.99. The Hall–Kier alpha value is -0.440. The van der Waals surface area contributed by atoms with E-state index in [0.717, 1.165) is 0 Å². The number of primary amides is 1. The van der Waals surface area contributed by atoms with Gasteiger partial charge in [-0.2, -0.15) is 0 Å². The van der Waals surface area contributed by atoms with E-state index in [1.165, 1.54) is 5.37 Å². The quantitative estimate of drug-likeness (QED) is 0.538. The molecule has 0 aromatic heterocycles. The van der Waals surface area contributed by atoms with Crippen molar-refractivity contribution in [2.24, 2.45) is 5.73 Å². The fourth-order valence-electron chi connectivity index (χ4n) is 0.201. The maximum Gasteiger partial charge on any atom is 0.217 e. The van der Waals surface area contributed by atoms with E-state index >= 15 is 0 Å². The number of carbonyl (C=O) groups is 1. The first-order valence-corrected chi connectivity index (χ1v) is 2.46. The normalized spacial score (nSPS) is 8.00. The lowest BCUT2D eigenvalue weighted by molar-refractivity contribution is -0.117. The van der Waals surface area contributed by atoms with Gasteiger partial charge < -0.3 is 5.73 Å². The minimum Gasteiger partial charge on any atom is -0.370 e. The van der Waals surface area contributed by atoms with Crippen molar-refractivity contribution in [1.82, 2.24) is 0 Å². The lowest BCUT2D eigenvalue weighted by Gasteiger charge is -1.82. The highest BCUT2D eigenvalue weighted by molar-refractivity contribution is 7.78. The Morgan fingerprint density at radius 2 is 2.43 bits per heavy atom. The fraction of sp³-hybridized carbons (Fsp3) is 0.500. The van der Waals surface area contributed by atoms with E-state index in [0.29, 0.717) is 12.8 Å². The second-order valence-corrected chi connectivity index (χ2v) is 1.50. The molecule has 2 N–H and O–H groups in total. The van der Waals surface area contributed by atoms with Crippen molar-refractivity contribution in [3.8, 4) is 0 Å². The molecule has 0 radical (unpaired) electrons. The Kier molecular flexibility index (Phi) is 3.50. The van der Waals surface area contributed by atoms with Crippen molar-refractivity contribution < 1.29 is 4.79 Å². The molecule has 0 heterocycles. The molecule has 0 aliphatic carbocycles. The Balaban J connectivity index is 2.97. The molecule has 0 aromatic carbocycles. The highest BCUT2D eigenvalue weighted by Gasteiger charge is 1.86. The summed E-state index contributed by atoms with van der Waals surface area (Å²) >= 11 is 4.44. The van der Waals surface area contributed by atoms with Crippen LogP contribution in [0.5, 0.6) is 0 Å². The van der Waals surface area contributed by atoms with Gasteiger partial charge in [0.25, 0.3) is 0 Å². The van der Waals surface area contributed by atoms with Crippen molar-refractivity contribution in [1.29, 1.82) is 0 Å². The molecule has 0 fully saturated rings. The molecule has 0 aliphatic rings. The number of hydrogen-bond donors (Lipinski definition) is 1. The molecule has 7 heavy (non-hydrogen) atoms. The average Bonchev–Trinajstić information content (AvgIpc) is 1.61. The first-order chi connectivity index (χ1) is 3.27. The van der Waals surface area contributed by atoms with Gasteiger partial charge in [0.2, 0.25) is 5.91 Å². The van der Waals surface area contributed by atoms with Gasteiger partial charge >= 0.3 is 0 Å². The molecule has 0 unspecified atom stereocenters. The molecule has 1 amide bonds. The fourth-order valence-corrected chi connectivity index (χ4v) is 0.319. The third kappa shape index (κ3) is 5.56. The molecule has 0 aliphatic heterocycles. The monoisotopic (exact) mass is 117 g/mol. The van der Waals surface area contributed by atoms with Crippen molar-refractivity contribution in [2.45, 2.75) is 12.8 Å². The smallest absolute Gasteiger partial charge is 0.217 e. The molecule has 2 nitrogen and oxygen atoms in total. The van der Waals surface area contributed by atoms with Crippen LogP contribution in [-0.2, 0) is 4.79 Å². The molecule has 0 rings (SSSR count). The van der Waals surface area contributed by atoms with E-state index in [-0.39, 0.29) is 5.91 Å². The summed E-state index contributed by atoms with van der Waals surface area (Å²) in [5.41, 5.74) is 4.77. The number of rotatable bonds is 3. The van der Waals surface area contributed by atoms with Gasteiger partial charge in [0.15, 0.2) is 0 Å². The zero-order valence-electron chi connectivity index (χ0n) is 3.89. The summed E-state index contributed by atoms with van der Waals surface area (Å²) in [4.78, 5) is 9.91.